The van der Waals surface area contributed by atoms with E-state index in [9.17, 15) is 4.39 Å². The number of hydrogen-bond acceptors (Lipinski definition) is 1. The highest BCUT2D eigenvalue weighted by Crippen LogP contribution is 2.47. The van der Waals surface area contributed by atoms with Crippen LogP contribution in [0.15, 0.2) is 72.8 Å². The van der Waals surface area contributed by atoms with E-state index in [1.54, 1.807) is 30.3 Å². The molecular formula is C27H15F5O. The molecule has 164 valence electrons. The normalized spacial score (nSPS) is 11.3. The average Bonchev–Trinajstić information content (AvgIpc) is 2.80. The smallest absolute Gasteiger partial charge is 0.137 e. The van der Waals surface area contributed by atoms with Crippen molar-refractivity contribution in [2.45, 2.75) is 0 Å². The zero-order valence-corrected chi connectivity index (χ0v) is 17.2. The second kappa shape index (κ2) is 7.89. The van der Waals surface area contributed by atoms with Gasteiger partial charge in [-0.05, 0) is 40.6 Å². The second-order valence-corrected chi connectivity index (χ2v) is 7.55. The predicted molar refractivity (Wildman–Crippen MR) is 119 cm³/mol. The summed E-state index contributed by atoms with van der Waals surface area (Å²) in [5, 5.41) is -0.113. The molecule has 0 aliphatic rings. The van der Waals surface area contributed by atoms with Crippen molar-refractivity contribution in [3.63, 3.8) is 0 Å². The topological polar surface area (TPSA) is 9.23 Å². The lowest BCUT2D eigenvalue weighted by Gasteiger charge is -2.19. The number of fused-ring (bicyclic) bond motifs is 2. The van der Waals surface area contributed by atoms with Gasteiger partial charge >= 0.3 is 0 Å². The Morgan fingerprint density at radius 3 is 1.76 bits per heavy atom. The predicted octanol–water partition coefficient (Wildman–Crippen LogP) is 8.03. The Balaban J connectivity index is 2.09. The van der Waals surface area contributed by atoms with Crippen molar-refractivity contribution in [1.82, 2.24) is 0 Å². The summed E-state index contributed by atoms with van der Waals surface area (Å²) in [6.45, 7) is 0. The van der Waals surface area contributed by atoms with Gasteiger partial charge in [-0.2, -0.15) is 0 Å². The molecule has 0 radical (unpaired) electrons. The Labute approximate surface area is 185 Å². The SMILES string of the molecule is COc1cc(F)c(-c2c3ccc(F)cc3c(-c3ccccc3)c3c(F)ccc(F)c23)c(F)c1. The number of hydrogen-bond donors (Lipinski definition) is 0. The van der Waals surface area contributed by atoms with Crippen LogP contribution in [0, 0.1) is 29.1 Å². The van der Waals surface area contributed by atoms with E-state index in [-0.39, 0.29) is 38.4 Å². The van der Waals surface area contributed by atoms with E-state index in [0.29, 0.717) is 5.56 Å². The molecule has 0 atom stereocenters. The van der Waals surface area contributed by atoms with Gasteiger partial charge in [0.05, 0.1) is 12.7 Å². The average molecular weight is 450 g/mol. The van der Waals surface area contributed by atoms with Crippen LogP contribution in [0.25, 0.3) is 43.8 Å². The van der Waals surface area contributed by atoms with Gasteiger partial charge in [0.1, 0.15) is 34.8 Å². The summed E-state index contributed by atoms with van der Waals surface area (Å²) < 4.78 is 80.2. The lowest BCUT2D eigenvalue weighted by atomic mass is 9.85. The van der Waals surface area contributed by atoms with Gasteiger partial charge < -0.3 is 4.74 Å². The van der Waals surface area contributed by atoms with Crippen molar-refractivity contribution < 1.29 is 26.7 Å². The van der Waals surface area contributed by atoms with Crippen LogP contribution >= 0.6 is 0 Å². The second-order valence-electron chi connectivity index (χ2n) is 7.55. The Morgan fingerprint density at radius 2 is 1.15 bits per heavy atom. The summed E-state index contributed by atoms with van der Waals surface area (Å²) in [6, 6.07) is 15.9. The first-order chi connectivity index (χ1) is 15.9. The van der Waals surface area contributed by atoms with E-state index in [0.717, 1.165) is 36.4 Å². The quantitative estimate of drug-likeness (QED) is 0.200. The van der Waals surface area contributed by atoms with Crippen molar-refractivity contribution in [1.29, 1.82) is 0 Å². The molecule has 0 unspecified atom stereocenters. The van der Waals surface area contributed by atoms with Gasteiger partial charge in [0.25, 0.3) is 0 Å². The minimum atomic E-state index is -1.02. The lowest BCUT2D eigenvalue weighted by Crippen LogP contribution is -2.00. The summed E-state index contributed by atoms with van der Waals surface area (Å²) >= 11 is 0. The molecule has 0 aromatic heterocycles. The third kappa shape index (κ3) is 3.30. The molecule has 1 nitrogen and oxygen atoms in total. The van der Waals surface area contributed by atoms with Gasteiger partial charge in [0.15, 0.2) is 0 Å². The Bertz CT molecular complexity index is 1520. The van der Waals surface area contributed by atoms with Crippen LogP contribution in [0.1, 0.15) is 0 Å². The molecule has 0 saturated heterocycles. The molecule has 0 aliphatic carbocycles. The largest absolute Gasteiger partial charge is 0.497 e. The fourth-order valence-corrected chi connectivity index (χ4v) is 4.32. The van der Waals surface area contributed by atoms with E-state index in [1.807, 2.05) is 0 Å². The van der Waals surface area contributed by atoms with Crippen molar-refractivity contribution in [2.24, 2.45) is 0 Å². The summed E-state index contributed by atoms with van der Waals surface area (Å²) in [5.41, 5.74) is -0.0177. The van der Waals surface area contributed by atoms with Crippen molar-refractivity contribution in [3.05, 3.63) is 102 Å². The fourth-order valence-electron chi connectivity index (χ4n) is 4.32. The minimum absolute atomic E-state index is 0.0686. The first-order valence-electron chi connectivity index (χ1n) is 10.0. The van der Waals surface area contributed by atoms with Crippen molar-refractivity contribution in [3.8, 4) is 28.0 Å². The van der Waals surface area contributed by atoms with Gasteiger partial charge in [-0.1, -0.05) is 36.4 Å². The van der Waals surface area contributed by atoms with Gasteiger partial charge in [0, 0.05) is 34.0 Å². The summed E-state index contributed by atoms with van der Waals surface area (Å²) in [6.07, 6.45) is 0. The molecule has 0 fully saturated rings. The van der Waals surface area contributed by atoms with E-state index >= 15 is 17.6 Å². The maximum Gasteiger partial charge on any atom is 0.137 e. The molecule has 0 bridgehead atoms. The first kappa shape index (κ1) is 20.9. The summed E-state index contributed by atoms with van der Waals surface area (Å²) in [7, 11) is 1.26. The number of methoxy groups -OCH3 is 1. The summed E-state index contributed by atoms with van der Waals surface area (Å²) in [4.78, 5) is 0. The van der Waals surface area contributed by atoms with Crippen LogP contribution in [0.3, 0.4) is 0 Å². The van der Waals surface area contributed by atoms with Crippen LogP contribution in [0.2, 0.25) is 0 Å². The number of rotatable bonds is 3. The molecule has 0 N–H and O–H groups in total. The molecule has 5 rings (SSSR count). The third-order valence-electron chi connectivity index (χ3n) is 5.69. The third-order valence-corrected chi connectivity index (χ3v) is 5.69. The fraction of sp³-hybridized carbons (Fsp3) is 0.0370. The van der Waals surface area contributed by atoms with Crippen LogP contribution in [0.5, 0.6) is 5.75 Å². The highest BCUT2D eigenvalue weighted by Gasteiger charge is 2.26. The standard InChI is InChI=1S/C27H15F5O/c1-33-16-12-21(31)25(22(32)13-16)24-17-8-7-15(28)11-18(17)23(14-5-3-2-4-6-14)26-19(29)9-10-20(30)27(24)26/h2-13H,1H3. The zero-order valence-electron chi connectivity index (χ0n) is 17.2. The van der Waals surface area contributed by atoms with Crippen molar-refractivity contribution in [2.75, 3.05) is 7.11 Å². The summed E-state index contributed by atoms with van der Waals surface area (Å²) in [5.74, 6) is -4.39. The highest BCUT2D eigenvalue weighted by atomic mass is 19.1. The lowest BCUT2D eigenvalue weighted by molar-refractivity contribution is 0.407. The van der Waals surface area contributed by atoms with Crippen LogP contribution < -0.4 is 4.74 Å². The Kier molecular flexibility index (Phi) is 5.01. The molecule has 0 aliphatic heterocycles. The van der Waals surface area contributed by atoms with E-state index in [4.69, 9.17) is 4.74 Å². The van der Waals surface area contributed by atoms with Crippen LogP contribution in [-0.2, 0) is 0 Å². The molecule has 33 heavy (non-hydrogen) atoms. The van der Waals surface area contributed by atoms with Crippen LogP contribution in [-0.4, -0.2) is 7.11 Å². The molecule has 0 spiro atoms. The van der Waals surface area contributed by atoms with Gasteiger partial charge in [-0.3, -0.25) is 0 Å². The maximum absolute atomic E-state index is 15.3. The molecule has 0 heterocycles. The maximum atomic E-state index is 15.3. The van der Waals surface area contributed by atoms with Gasteiger partial charge in [-0.15, -0.1) is 0 Å². The minimum Gasteiger partial charge on any atom is -0.497 e. The molecule has 0 amide bonds. The molecule has 0 saturated carbocycles. The zero-order chi connectivity index (χ0) is 23.3. The van der Waals surface area contributed by atoms with Gasteiger partial charge in [0.2, 0.25) is 0 Å². The van der Waals surface area contributed by atoms with Gasteiger partial charge in [-0.25, -0.2) is 22.0 Å². The number of benzene rings is 5. The van der Waals surface area contributed by atoms with Crippen LogP contribution in [0.4, 0.5) is 22.0 Å². The number of halogens is 5. The first-order valence-corrected chi connectivity index (χ1v) is 10.0. The Morgan fingerprint density at radius 1 is 0.545 bits per heavy atom. The number of ether oxygens (including phenoxy) is 1. The molecule has 5 aromatic rings. The molecular weight excluding hydrogens is 435 g/mol. The Hall–Kier alpha value is -3.93. The molecule has 5 aromatic carbocycles. The van der Waals surface area contributed by atoms with Crippen molar-refractivity contribution >= 4 is 21.5 Å². The monoisotopic (exact) mass is 450 g/mol. The highest BCUT2D eigenvalue weighted by molar-refractivity contribution is 6.21. The molecule has 6 heteroatoms. The van der Waals surface area contributed by atoms with E-state index in [1.165, 1.54) is 13.2 Å². The van der Waals surface area contributed by atoms with E-state index in [2.05, 4.69) is 0 Å². The van der Waals surface area contributed by atoms with E-state index < -0.39 is 34.6 Å².